The van der Waals surface area contributed by atoms with Gasteiger partial charge in [0, 0.05) is 5.02 Å². The van der Waals surface area contributed by atoms with Gasteiger partial charge in [0.2, 0.25) is 5.91 Å². The second kappa shape index (κ2) is 11.2. The number of carbonyl (C=O) groups excluding carboxylic acids is 1. The third-order valence-electron chi connectivity index (χ3n) is 5.33. The van der Waals surface area contributed by atoms with E-state index in [1.165, 1.54) is 36.6 Å². The maximum absolute atomic E-state index is 12.5. The number of nitrogens with zero attached hydrogens (tertiary/aromatic N) is 4. The van der Waals surface area contributed by atoms with Gasteiger partial charge in [-0.2, -0.15) is 0 Å². The van der Waals surface area contributed by atoms with Gasteiger partial charge < -0.3 is 9.88 Å². The predicted molar refractivity (Wildman–Crippen MR) is 131 cm³/mol. The molecule has 168 valence electrons. The van der Waals surface area contributed by atoms with Crippen LogP contribution >= 0.6 is 35.0 Å². The van der Waals surface area contributed by atoms with Crippen molar-refractivity contribution < 1.29 is 4.79 Å². The molecule has 1 aliphatic rings. The Balaban J connectivity index is 1.46. The number of thioether (sulfide) groups is 1. The van der Waals surface area contributed by atoms with E-state index in [1.54, 1.807) is 18.2 Å². The molecule has 32 heavy (non-hydrogen) atoms. The average molecular weight is 490 g/mol. The Hall–Kier alpha value is -2.06. The molecule has 0 atom stereocenters. The van der Waals surface area contributed by atoms with E-state index in [2.05, 4.69) is 37.1 Å². The zero-order valence-corrected chi connectivity index (χ0v) is 20.0. The minimum Gasteiger partial charge on any atom is -0.324 e. The van der Waals surface area contributed by atoms with Crippen molar-refractivity contribution in [1.29, 1.82) is 0 Å². The molecule has 0 spiro atoms. The summed E-state index contributed by atoms with van der Waals surface area (Å²) in [5.74, 6) is 0.946. The molecule has 1 aromatic heterocycles. The van der Waals surface area contributed by atoms with Crippen LogP contribution in [-0.2, 0) is 17.9 Å². The maximum Gasteiger partial charge on any atom is 0.234 e. The molecule has 3 aromatic rings. The number of carbonyl (C=O) groups is 1. The van der Waals surface area contributed by atoms with E-state index in [9.17, 15) is 4.79 Å². The Kier molecular flexibility index (Phi) is 8.08. The van der Waals surface area contributed by atoms with Crippen molar-refractivity contribution in [3.05, 3.63) is 70.0 Å². The highest BCUT2D eigenvalue weighted by Crippen LogP contribution is 2.26. The summed E-state index contributed by atoms with van der Waals surface area (Å²) in [6.45, 7) is 3.61. The highest BCUT2D eigenvalue weighted by atomic mass is 35.5. The lowest BCUT2D eigenvalue weighted by atomic mass is 10.1. The lowest BCUT2D eigenvalue weighted by Crippen LogP contribution is -2.30. The summed E-state index contributed by atoms with van der Waals surface area (Å²) < 4.78 is 2.12. The van der Waals surface area contributed by atoms with E-state index >= 15 is 0 Å². The molecule has 1 aliphatic heterocycles. The number of anilines is 1. The summed E-state index contributed by atoms with van der Waals surface area (Å²) in [6.07, 6.45) is 3.74. The molecule has 1 N–H and O–H groups in total. The SMILES string of the molecule is O=C(CSc1nnc(CN2CCCCC2)n1Cc1ccccc1)Nc1cc(Cl)ccc1Cl. The topological polar surface area (TPSA) is 63.1 Å². The van der Waals surface area contributed by atoms with Crippen molar-refractivity contribution in [2.45, 2.75) is 37.5 Å². The molecule has 1 amide bonds. The van der Waals surface area contributed by atoms with Gasteiger partial charge in [0.15, 0.2) is 5.16 Å². The first-order valence-corrected chi connectivity index (χ1v) is 12.4. The van der Waals surface area contributed by atoms with Crippen LogP contribution in [0.15, 0.2) is 53.7 Å². The van der Waals surface area contributed by atoms with Crippen molar-refractivity contribution in [3.63, 3.8) is 0 Å². The zero-order chi connectivity index (χ0) is 22.3. The Bertz CT molecular complexity index is 1050. The van der Waals surface area contributed by atoms with E-state index in [0.717, 1.165) is 30.6 Å². The van der Waals surface area contributed by atoms with Crippen LogP contribution in [0.1, 0.15) is 30.7 Å². The molecular formula is C23H25Cl2N5OS. The summed E-state index contributed by atoms with van der Waals surface area (Å²) in [5, 5.41) is 13.4. The number of rotatable bonds is 8. The van der Waals surface area contributed by atoms with Gasteiger partial charge in [-0.15, -0.1) is 10.2 Å². The van der Waals surface area contributed by atoms with Crippen LogP contribution < -0.4 is 5.32 Å². The first kappa shape index (κ1) is 23.1. The summed E-state index contributed by atoms with van der Waals surface area (Å²) >= 11 is 13.5. The number of aromatic nitrogens is 3. The van der Waals surface area contributed by atoms with E-state index in [-0.39, 0.29) is 11.7 Å². The van der Waals surface area contributed by atoms with Gasteiger partial charge in [-0.05, 0) is 49.7 Å². The fraction of sp³-hybridized carbons (Fsp3) is 0.348. The normalized spacial score (nSPS) is 14.4. The second-order valence-electron chi connectivity index (χ2n) is 7.77. The fourth-order valence-electron chi connectivity index (χ4n) is 3.69. The smallest absolute Gasteiger partial charge is 0.234 e. The van der Waals surface area contributed by atoms with E-state index in [4.69, 9.17) is 23.2 Å². The van der Waals surface area contributed by atoms with Gasteiger partial charge in [0.1, 0.15) is 5.82 Å². The molecule has 0 aliphatic carbocycles. The fourth-order valence-corrected chi connectivity index (χ4v) is 4.79. The van der Waals surface area contributed by atoms with Crippen LogP contribution in [0.2, 0.25) is 10.0 Å². The van der Waals surface area contributed by atoms with Crippen molar-refractivity contribution in [1.82, 2.24) is 19.7 Å². The van der Waals surface area contributed by atoms with E-state index in [0.29, 0.717) is 22.3 Å². The number of hydrogen-bond donors (Lipinski definition) is 1. The molecule has 1 saturated heterocycles. The molecule has 4 rings (SSSR count). The third-order valence-corrected chi connectivity index (χ3v) is 6.86. The standard InChI is InChI=1S/C23H25Cl2N5OS/c24-18-9-10-19(25)20(13-18)26-22(31)16-32-23-28-27-21(15-29-11-5-2-6-12-29)30(23)14-17-7-3-1-4-8-17/h1,3-4,7-10,13H,2,5-6,11-12,14-16H2,(H,26,31). The largest absolute Gasteiger partial charge is 0.324 e. The first-order chi connectivity index (χ1) is 15.6. The van der Waals surface area contributed by atoms with Crippen LogP contribution in [-0.4, -0.2) is 44.4 Å². The van der Waals surface area contributed by atoms with Gasteiger partial charge in [0.05, 0.1) is 29.6 Å². The van der Waals surface area contributed by atoms with Gasteiger partial charge in [0.25, 0.3) is 0 Å². The van der Waals surface area contributed by atoms with E-state index in [1.807, 2.05) is 18.2 Å². The van der Waals surface area contributed by atoms with Crippen LogP contribution in [0.3, 0.4) is 0 Å². The maximum atomic E-state index is 12.5. The number of nitrogens with one attached hydrogen (secondary N) is 1. The molecule has 2 aromatic carbocycles. The quantitative estimate of drug-likeness (QED) is 0.432. The molecule has 2 heterocycles. The van der Waals surface area contributed by atoms with Crippen molar-refractivity contribution in [3.8, 4) is 0 Å². The molecular weight excluding hydrogens is 465 g/mol. The summed E-state index contributed by atoms with van der Waals surface area (Å²) in [5.41, 5.74) is 1.67. The molecule has 0 bridgehead atoms. The zero-order valence-electron chi connectivity index (χ0n) is 17.6. The van der Waals surface area contributed by atoms with Crippen LogP contribution in [0.25, 0.3) is 0 Å². The number of amides is 1. The minimum absolute atomic E-state index is 0.175. The number of benzene rings is 2. The van der Waals surface area contributed by atoms with Crippen LogP contribution in [0.4, 0.5) is 5.69 Å². The molecule has 1 fully saturated rings. The van der Waals surface area contributed by atoms with Crippen molar-refractivity contribution in [2.24, 2.45) is 0 Å². The second-order valence-corrected chi connectivity index (χ2v) is 9.55. The van der Waals surface area contributed by atoms with E-state index < -0.39 is 0 Å². The number of halogens is 2. The molecule has 6 nitrogen and oxygen atoms in total. The highest BCUT2D eigenvalue weighted by molar-refractivity contribution is 7.99. The Morgan fingerprint density at radius 2 is 1.78 bits per heavy atom. The molecule has 9 heteroatoms. The van der Waals surface area contributed by atoms with Crippen LogP contribution in [0, 0.1) is 0 Å². The van der Waals surface area contributed by atoms with Gasteiger partial charge in [-0.1, -0.05) is 71.7 Å². The summed E-state index contributed by atoms with van der Waals surface area (Å²) in [4.78, 5) is 15.0. The highest BCUT2D eigenvalue weighted by Gasteiger charge is 2.19. The number of piperidine rings is 1. The van der Waals surface area contributed by atoms with Crippen LogP contribution in [0.5, 0.6) is 0 Å². The Morgan fingerprint density at radius 3 is 2.56 bits per heavy atom. The Morgan fingerprint density at radius 1 is 1.00 bits per heavy atom. The molecule has 0 saturated carbocycles. The first-order valence-electron chi connectivity index (χ1n) is 10.6. The third kappa shape index (κ3) is 6.25. The average Bonchev–Trinajstić information content (AvgIpc) is 3.17. The number of likely N-dealkylation sites (tertiary alicyclic amines) is 1. The van der Waals surface area contributed by atoms with Gasteiger partial charge in [-0.3, -0.25) is 9.69 Å². The summed E-state index contributed by atoms with van der Waals surface area (Å²) in [6, 6.07) is 15.2. The Labute approximate surface area is 202 Å². The van der Waals surface area contributed by atoms with Crippen molar-refractivity contribution in [2.75, 3.05) is 24.2 Å². The van der Waals surface area contributed by atoms with Gasteiger partial charge in [-0.25, -0.2) is 0 Å². The molecule has 0 radical (unpaired) electrons. The molecule has 0 unspecified atom stereocenters. The van der Waals surface area contributed by atoms with Gasteiger partial charge >= 0.3 is 0 Å². The lowest BCUT2D eigenvalue weighted by molar-refractivity contribution is -0.113. The lowest BCUT2D eigenvalue weighted by Gasteiger charge is -2.26. The monoisotopic (exact) mass is 489 g/mol. The van der Waals surface area contributed by atoms with Crippen molar-refractivity contribution >= 4 is 46.6 Å². The minimum atomic E-state index is -0.175. The predicted octanol–water partition coefficient (Wildman–Crippen LogP) is 5.35. The summed E-state index contributed by atoms with van der Waals surface area (Å²) in [7, 11) is 0. The number of hydrogen-bond acceptors (Lipinski definition) is 5.